The van der Waals surface area contributed by atoms with Crippen molar-refractivity contribution < 1.29 is 4.39 Å². The van der Waals surface area contributed by atoms with E-state index in [0.29, 0.717) is 27.7 Å². The van der Waals surface area contributed by atoms with Crippen LogP contribution in [0.5, 0.6) is 0 Å². The van der Waals surface area contributed by atoms with E-state index in [-0.39, 0.29) is 5.82 Å². The molecule has 2 heterocycles. The van der Waals surface area contributed by atoms with Crippen LogP contribution in [0.2, 0.25) is 0 Å². The number of hydrogen-bond acceptors (Lipinski definition) is 4. The minimum Gasteiger partial charge on any atom is -0.340 e. The van der Waals surface area contributed by atoms with Crippen LogP contribution in [0.3, 0.4) is 0 Å². The Morgan fingerprint density at radius 2 is 2.14 bits per heavy atom. The Kier molecular flexibility index (Phi) is 4.21. The number of hydrogen-bond donors (Lipinski definition) is 2. The van der Waals surface area contributed by atoms with Crippen LogP contribution < -0.4 is 10.6 Å². The standard InChI is InChI=1S/C14H17BrFN5/c15-12-10(2-1-3-11(12)16)13-18-14(20-19-13)21-6-4-9(8-17)5-7-21/h1-3,9H,4-8,17H2,(H,18,19,20). The van der Waals surface area contributed by atoms with Crippen molar-refractivity contribution in [2.45, 2.75) is 12.8 Å². The number of aromatic amines is 1. The van der Waals surface area contributed by atoms with Crippen LogP contribution in [0.15, 0.2) is 22.7 Å². The Hall–Kier alpha value is -1.47. The zero-order chi connectivity index (χ0) is 14.8. The molecule has 1 aliphatic heterocycles. The van der Waals surface area contributed by atoms with E-state index in [1.54, 1.807) is 12.1 Å². The quantitative estimate of drug-likeness (QED) is 0.889. The largest absolute Gasteiger partial charge is 0.340 e. The summed E-state index contributed by atoms with van der Waals surface area (Å²) in [5, 5.41) is 7.14. The molecule has 2 aromatic rings. The highest BCUT2D eigenvalue weighted by Crippen LogP contribution is 2.29. The molecule has 0 radical (unpaired) electrons. The monoisotopic (exact) mass is 353 g/mol. The van der Waals surface area contributed by atoms with Gasteiger partial charge >= 0.3 is 0 Å². The first-order valence-corrected chi connectivity index (χ1v) is 7.80. The van der Waals surface area contributed by atoms with Gasteiger partial charge in [0.05, 0.1) is 4.47 Å². The number of benzene rings is 1. The Bertz CT molecular complexity index is 622. The zero-order valence-electron chi connectivity index (χ0n) is 11.5. The lowest BCUT2D eigenvalue weighted by atomic mass is 9.97. The summed E-state index contributed by atoms with van der Waals surface area (Å²) < 4.78 is 14.0. The molecule has 1 aliphatic rings. The highest BCUT2D eigenvalue weighted by Gasteiger charge is 2.21. The number of nitrogens with zero attached hydrogens (tertiary/aromatic N) is 3. The fourth-order valence-corrected chi connectivity index (χ4v) is 3.02. The summed E-state index contributed by atoms with van der Waals surface area (Å²) in [5.74, 6) is 1.51. The van der Waals surface area contributed by atoms with Crippen LogP contribution in [-0.4, -0.2) is 34.8 Å². The lowest BCUT2D eigenvalue weighted by molar-refractivity contribution is 0.411. The SMILES string of the molecule is NCC1CCN(c2n[nH]c(-c3cccc(F)c3Br)n2)CC1. The third-order valence-corrected chi connectivity index (χ3v) is 4.72. The second-order valence-corrected chi connectivity index (χ2v) is 6.04. The fourth-order valence-electron chi connectivity index (χ4n) is 2.57. The van der Waals surface area contributed by atoms with Gasteiger partial charge < -0.3 is 10.6 Å². The van der Waals surface area contributed by atoms with Crippen LogP contribution in [0.4, 0.5) is 10.3 Å². The fraction of sp³-hybridized carbons (Fsp3) is 0.429. The number of rotatable bonds is 3. The Morgan fingerprint density at radius 1 is 1.38 bits per heavy atom. The lowest BCUT2D eigenvalue weighted by Crippen LogP contribution is -2.36. The summed E-state index contributed by atoms with van der Waals surface area (Å²) in [7, 11) is 0. The van der Waals surface area contributed by atoms with Gasteiger partial charge in [0.25, 0.3) is 0 Å². The molecule has 0 bridgehead atoms. The van der Waals surface area contributed by atoms with E-state index in [2.05, 4.69) is 36.0 Å². The number of halogens is 2. The molecule has 3 rings (SSSR count). The van der Waals surface area contributed by atoms with Crippen LogP contribution >= 0.6 is 15.9 Å². The predicted octanol–water partition coefficient (Wildman–Crippen LogP) is 2.55. The second kappa shape index (κ2) is 6.11. The predicted molar refractivity (Wildman–Crippen MR) is 83.5 cm³/mol. The van der Waals surface area contributed by atoms with Crippen LogP contribution in [0.25, 0.3) is 11.4 Å². The maximum Gasteiger partial charge on any atom is 0.245 e. The topological polar surface area (TPSA) is 70.8 Å². The lowest BCUT2D eigenvalue weighted by Gasteiger charge is -2.30. The van der Waals surface area contributed by atoms with Gasteiger partial charge in [-0.3, -0.25) is 5.10 Å². The van der Waals surface area contributed by atoms with E-state index < -0.39 is 0 Å². The first-order valence-electron chi connectivity index (χ1n) is 7.01. The molecule has 0 unspecified atom stereocenters. The molecule has 21 heavy (non-hydrogen) atoms. The molecule has 0 atom stereocenters. The maximum absolute atomic E-state index is 13.6. The number of H-pyrrole nitrogens is 1. The third-order valence-electron chi connectivity index (χ3n) is 3.91. The Morgan fingerprint density at radius 3 is 2.86 bits per heavy atom. The van der Waals surface area contributed by atoms with Gasteiger partial charge in [0.15, 0.2) is 5.82 Å². The molecule has 1 saturated heterocycles. The van der Waals surface area contributed by atoms with E-state index in [9.17, 15) is 4.39 Å². The molecule has 112 valence electrons. The number of piperidine rings is 1. The maximum atomic E-state index is 13.6. The average Bonchev–Trinajstić information content (AvgIpc) is 3.00. The van der Waals surface area contributed by atoms with Gasteiger partial charge in [-0.1, -0.05) is 6.07 Å². The minimum absolute atomic E-state index is 0.311. The van der Waals surface area contributed by atoms with Gasteiger partial charge in [0.2, 0.25) is 5.95 Å². The van der Waals surface area contributed by atoms with Crippen molar-refractivity contribution in [3.05, 3.63) is 28.5 Å². The highest BCUT2D eigenvalue weighted by atomic mass is 79.9. The van der Waals surface area contributed by atoms with Crippen LogP contribution in [0.1, 0.15) is 12.8 Å². The molecule has 0 saturated carbocycles. The third kappa shape index (κ3) is 2.94. The first kappa shape index (κ1) is 14.5. The van der Waals surface area contributed by atoms with Crippen molar-refractivity contribution in [2.24, 2.45) is 11.7 Å². The Labute approximate surface area is 130 Å². The normalized spacial score (nSPS) is 16.4. The summed E-state index contributed by atoms with van der Waals surface area (Å²) in [6.45, 7) is 2.55. The van der Waals surface area contributed by atoms with E-state index in [1.807, 2.05) is 0 Å². The van der Waals surface area contributed by atoms with Crippen LogP contribution in [-0.2, 0) is 0 Å². The van der Waals surface area contributed by atoms with Crippen molar-refractivity contribution in [1.82, 2.24) is 15.2 Å². The molecular formula is C14H17BrFN5. The van der Waals surface area contributed by atoms with E-state index in [4.69, 9.17) is 5.73 Å². The van der Waals surface area contributed by atoms with Crippen LogP contribution in [0, 0.1) is 11.7 Å². The van der Waals surface area contributed by atoms with Gasteiger partial charge in [-0.15, -0.1) is 5.10 Å². The minimum atomic E-state index is -0.311. The molecular weight excluding hydrogens is 337 g/mol. The molecule has 0 spiro atoms. The van der Waals surface area contributed by atoms with Crippen molar-refractivity contribution >= 4 is 21.9 Å². The van der Waals surface area contributed by atoms with Crippen molar-refractivity contribution in [1.29, 1.82) is 0 Å². The van der Waals surface area contributed by atoms with Gasteiger partial charge in [-0.2, -0.15) is 4.98 Å². The molecule has 0 aliphatic carbocycles. The number of nitrogens with two attached hydrogens (primary N) is 1. The highest BCUT2D eigenvalue weighted by molar-refractivity contribution is 9.10. The summed E-state index contributed by atoms with van der Waals surface area (Å²) in [6.07, 6.45) is 2.12. The van der Waals surface area contributed by atoms with E-state index in [1.165, 1.54) is 6.07 Å². The summed E-state index contributed by atoms with van der Waals surface area (Å²) in [5.41, 5.74) is 6.37. The number of nitrogens with one attached hydrogen (secondary N) is 1. The van der Waals surface area contributed by atoms with Crippen molar-refractivity contribution in [3.8, 4) is 11.4 Å². The van der Waals surface area contributed by atoms with Gasteiger partial charge in [0.1, 0.15) is 5.82 Å². The molecule has 3 N–H and O–H groups in total. The van der Waals surface area contributed by atoms with E-state index in [0.717, 1.165) is 32.5 Å². The van der Waals surface area contributed by atoms with E-state index >= 15 is 0 Å². The molecule has 1 aromatic carbocycles. The zero-order valence-corrected chi connectivity index (χ0v) is 13.1. The number of anilines is 1. The van der Waals surface area contributed by atoms with Gasteiger partial charge in [-0.25, -0.2) is 4.39 Å². The van der Waals surface area contributed by atoms with Gasteiger partial charge in [0, 0.05) is 18.7 Å². The summed E-state index contributed by atoms with van der Waals surface area (Å²) >= 11 is 3.25. The molecule has 1 fully saturated rings. The summed E-state index contributed by atoms with van der Waals surface area (Å²) in [4.78, 5) is 6.63. The first-order chi connectivity index (χ1) is 10.2. The van der Waals surface area contributed by atoms with Crippen molar-refractivity contribution in [2.75, 3.05) is 24.5 Å². The molecule has 5 nitrogen and oxygen atoms in total. The number of aromatic nitrogens is 3. The summed E-state index contributed by atoms with van der Waals surface area (Å²) in [6, 6.07) is 4.87. The smallest absolute Gasteiger partial charge is 0.245 e. The second-order valence-electron chi connectivity index (χ2n) is 5.25. The van der Waals surface area contributed by atoms with Crippen molar-refractivity contribution in [3.63, 3.8) is 0 Å². The molecule has 7 heteroatoms. The molecule has 0 amide bonds. The average molecular weight is 354 g/mol. The molecule has 1 aromatic heterocycles. The van der Waals surface area contributed by atoms with Gasteiger partial charge in [-0.05, 0) is 53.4 Å². The Balaban J connectivity index is 1.79.